The van der Waals surface area contributed by atoms with Gasteiger partial charge in [0.1, 0.15) is 11.5 Å². The van der Waals surface area contributed by atoms with Crippen molar-refractivity contribution in [2.45, 2.75) is 34.6 Å². The van der Waals surface area contributed by atoms with E-state index in [0.29, 0.717) is 5.75 Å². The van der Waals surface area contributed by atoms with Gasteiger partial charge in [-0.1, -0.05) is 35.4 Å². The Kier molecular flexibility index (Phi) is 4.86. The van der Waals surface area contributed by atoms with E-state index in [4.69, 9.17) is 9.47 Å². The van der Waals surface area contributed by atoms with E-state index in [1.54, 1.807) is 0 Å². The zero-order valence-corrected chi connectivity index (χ0v) is 13.8. The monoisotopic (exact) mass is 298 g/mol. The highest BCUT2D eigenvalue weighted by atomic mass is 16.6. The van der Waals surface area contributed by atoms with Gasteiger partial charge in [-0.3, -0.25) is 0 Å². The minimum Gasteiger partial charge on any atom is -0.481 e. The molecule has 2 aromatic carbocycles. The average molecular weight is 298 g/mol. The first-order valence-corrected chi connectivity index (χ1v) is 7.35. The second-order valence-electron chi connectivity index (χ2n) is 5.76. The van der Waals surface area contributed by atoms with Crippen molar-refractivity contribution in [1.29, 1.82) is 0 Å². The summed E-state index contributed by atoms with van der Waals surface area (Å²) in [7, 11) is 0. The molecule has 0 aromatic heterocycles. The molecule has 0 heterocycles. The van der Waals surface area contributed by atoms with Crippen LogP contribution < -0.4 is 9.47 Å². The van der Waals surface area contributed by atoms with Crippen LogP contribution in [-0.4, -0.2) is 12.6 Å². The number of carbonyl (C=O) groups excluding carboxylic acids is 1. The summed E-state index contributed by atoms with van der Waals surface area (Å²) in [6.45, 7) is 9.82. The molecule has 3 heteroatoms. The largest absolute Gasteiger partial charge is 0.481 e. The van der Waals surface area contributed by atoms with Crippen molar-refractivity contribution in [3.05, 3.63) is 58.1 Å². The Hall–Kier alpha value is -2.29. The normalized spacial score (nSPS) is 10.4. The molecule has 2 rings (SSSR count). The molecular formula is C19H22O3. The molecule has 0 saturated heterocycles. The molecule has 0 N–H and O–H groups in total. The summed E-state index contributed by atoms with van der Waals surface area (Å²) < 4.78 is 11.0. The van der Waals surface area contributed by atoms with Crippen LogP contribution in [0.4, 0.5) is 0 Å². The lowest BCUT2D eigenvalue weighted by atomic mass is 10.1. The molecule has 0 fully saturated rings. The van der Waals surface area contributed by atoms with Crippen LogP contribution in [0.3, 0.4) is 0 Å². The van der Waals surface area contributed by atoms with Gasteiger partial charge in [0.25, 0.3) is 0 Å². The molecule has 0 spiro atoms. The van der Waals surface area contributed by atoms with Crippen LogP contribution in [0, 0.1) is 34.6 Å². The van der Waals surface area contributed by atoms with Crippen LogP contribution in [0.15, 0.2) is 30.3 Å². The molecule has 0 amide bonds. The standard InChI is InChI=1S/C19H22O3/c1-12-6-7-17(14(3)8-12)22-18(20)11-21-19-15(4)9-13(2)10-16(19)5/h6-10H,11H2,1-5H3. The van der Waals surface area contributed by atoms with Gasteiger partial charge in [-0.15, -0.1) is 0 Å². The van der Waals surface area contributed by atoms with E-state index in [0.717, 1.165) is 28.0 Å². The van der Waals surface area contributed by atoms with Crippen LogP contribution >= 0.6 is 0 Å². The number of aryl methyl sites for hydroxylation is 5. The van der Waals surface area contributed by atoms with E-state index in [9.17, 15) is 4.79 Å². The number of hydrogen-bond acceptors (Lipinski definition) is 3. The van der Waals surface area contributed by atoms with E-state index in [2.05, 4.69) is 0 Å². The fraction of sp³-hybridized carbons (Fsp3) is 0.316. The molecule has 3 nitrogen and oxygen atoms in total. The van der Waals surface area contributed by atoms with Crippen molar-refractivity contribution >= 4 is 5.97 Å². The number of hydrogen-bond donors (Lipinski definition) is 0. The number of rotatable bonds is 4. The smallest absolute Gasteiger partial charge is 0.349 e. The Labute approximate surface area is 131 Å². The predicted molar refractivity (Wildman–Crippen MR) is 87.7 cm³/mol. The summed E-state index contributed by atoms with van der Waals surface area (Å²) in [6, 6.07) is 9.79. The Bertz CT molecular complexity index is 679. The van der Waals surface area contributed by atoms with Gasteiger partial charge >= 0.3 is 5.97 Å². The number of carbonyl (C=O) groups is 1. The van der Waals surface area contributed by atoms with Crippen LogP contribution in [0.1, 0.15) is 27.8 Å². The fourth-order valence-corrected chi connectivity index (χ4v) is 2.59. The van der Waals surface area contributed by atoms with E-state index in [1.807, 2.05) is 65.0 Å². The van der Waals surface area contributed by atoms with Gasteiger partial charge < -0.3 is 9.47 Å². The highest BCUT2D eigenvalue weighted by Gasteiger charge is 2.11. The average Bonchev–Trinajstić information content (AvgIpc) is 2.40. The third-order valence-corrected chi connectivity index (χ3v) is 3.49. The fourth-order valence-electron chi connectivity index (χ4n) is 2.59. The van der Waals surface area contributed by atoms with Gasteiger partial charge in [0, 0.05) is 0 Å². The van der Waals surface area contributed by atoms with Gasteiger partial charge in [0.15, 0.2) is 6.61 Å². The Morgan fingerprint density at radius 1 is 0.864 bits per heavy atom. The van der Waals surface area contributed by atoms with Gasteiger partial charge in [0.2, 0.25) is 0 Å². The molecule has 0 saturated carbocycles. The molecule has 2 aromatic rings. The van der Waals surface area contributed by atoms with E-state index >= 15 is 0 Å². The number of esters is 1. The Balaban J connectivity index is 2.02. The maximum Gasteiger partial charge on any atom is 0.349 e. The van der Waals surface area contributed by atoms with Gasteiger partial charge in [-0.25, -0.2) is 4.79 Å². The van der Waals surface area contributed by atoms with E-state index in [1.165, 1.54) is 5.56 Å². The van der Waals surface area contributed by atoms with Crippen molar-refractivity contribution in [2.75, 3.05) is 6.61 Å². The van der Waals surface area contributed by atoms with Gasteiger partial charge in [-0.2, -0.15) is 0 Å². The molecule has 0 unspecified atom stereocenters. The van der Waals surface area contributed by atoms with Crippen molar-refractivity contribution in [1.82, 2.24) is 0 Å². The summed E-state index contributed by atoms with van der Waals surface area (Å²) in [5.41, 5.74) is 5.31. The predicted octanol–water partition coefficient (Wildman–Crippen LogP) is 4.21. The summed E-state index contributed by atoms with van der Waals surface area (Å²) in [5.74, 6) is 0.936. The molecule has 0 radical (unpaired) electrons. The lowest BCUT2D eigenvalue weighted by Crippen LogP contribution is -2.18. The van der Waals surface area contributed by atoms with Crippen molar-refractivity contribution < 1.29 is 14.3 Å². The lowest BCUT2D eigenvalue weighted by Gasteiger charge is -2.13. The van der Waals surface area contributed by atoms with Gasteiger partial charge in [-0.05, 0) is 57.4 Å². The number of benzene rings is 2. The topological polar surface area (TPSA) is 35.5 Å². The first-order valence-electron chi connectivity index (χ1n) is 7.35. The van der Waals surface area contributed by atoms with Crippen LogP contribution in [-0.2, 0) is 4.79 Å². The molecule has 0 bridgehead atoms. The first kappa shape index (κ1) is 16.1. The van der Waals surface area contributed by atoms with Crippen LogP contribution in [0.25, 0.3) is 0 Å². The first-order chi connectivity index (χ1) is 10.4. The third-order valence-electron chi connectivity index (χ3n) is 3.49. The Morgan fingerprint density at radius 2 is 1.45 bits per heavy atom. The quantitative estimate of drug-likeness (QED) is 0.626. The molecule has 0 aliphatic rings. The molecule has 116 valence electrons. The second-order valence-corrected chi connectivity index (χ2v) is 5.76. The SMILES string of the molecule is Cc1ccc(OC(=O)COc2c(C)cc(C)cc2C)c(C)c1. The third kappa shape index (κ3) is 3.88. The second kappa shape index (κ2) is 6.65. The number of ether oxygens (including phenoxy) is 2. The molecular weight excluding hydrogens is 276 g/mol. The maximum atomic E-state index is 12.0. The minimum atomic E-state index is -0.397. The molecule has 0 aliphatic carbocycles. The zero-order valence-electron chi connectivity index (χ0n) is 13.8. The lowest BCUT2D eigenvalue weighted by molar-refractivity contribution is -0.136. The summed E-state index contributed by atoms with van der Waals surface area (Å²) in [6.07, 6.45) is 0. The minimum absolute atomic E-state index is 0.0991. The summed E-state index contributed by atoms with van der Waals surface area (Å²) >= 11 is 0. The van der Waals surface area contributed by atoms with Crippen LogP contribution in [0.2, 0.25) is 0 Å². The summed E-state index contributed by atoms with van der Waals surface area (Å²) in [5, 5.41) is 0. The molecule has 22 heavy (non-hydrogen) atoms. The maximum absolute atomic E-state index is 12.0. The highest BCUT2D eigenvalue weighted by Crippen LogP contribution is 2.25. The highest BCUT2D eigenvalue weighted by molar-refractivity contribution is 5.74. The van der Waals surface area contributed by atoms with Gasteiger partial charge in [0.05, 0.1) is 0 Å². The Morgan fingerprint density at radius 3 is 2.05 bits per heavy atom. The van der Waals surface area contributed by atoms with Crippen molar-refractivity contribution in [3.63, 3.8) is 0 Å². The van der Waals surface area contributed by atoms with Crippen molar-refractivity contribution in [3.8, 4) is 11.5 Å². The molecule has 0 atom stereocenters. The van der Waals surface area contributed by atoms with E-state index < -0.39 is 5.97 Å². The summed E-state index contributed by atoms with van der Waals surface area (Å²) in [4.78, 5) is 12.0. The van der Waals surface area contributed by atoms with E-state index in [-0.39, 0.29) is 6.61 Å². The zero-order chi connectivity index (χ0) is 16.3. The molecule has 0 aliphatic heterocycles. The van der Waals surface area contributed by atoms with Crippen LogP contribution in [0.5, 0.6) is 11.5 Å². The van der Waals surface area contributed by atoms with Crippen molar-refractivity contribution in [2.24, 2.45) is 0 Å².